The fourth-order valence-corrected chi connectivity index (χ4v) is 9.30. The molecule has 0 amide bonds. The van der Waals surface area contributed by atoms with Gasteiger partial charge in [0.15, 0.2) is 0 Å². The van der Waals surface area contributed by atoms with Crippen LogP contribution in [0, 0.1) is 0 Å². The van der Waals surface area contributed by atoms with Crippen molar-refractivity contribution in [3.05, 3.63) is 187 Å². The average Bonchev–Trinajstić information content (AvgIpc) is 3.65. The van der Waals surface area contributed by atoms with Gasteiger partial charge in [0, 0.05) is 42.6 Å². The van der Waals surface area contributed by atoms with Crippen LogP contribution in [0.3, 0.4) is 0 Å². The van der Waals surface area contributed by atoms with Crippen LogP contribution in [-0.4, -0.2) is 0 Å². The maximum absolute atomic E-state index is 2.41. The Morgan fingerprint density at radius 3 is 1.78 bits per heavy atom. The number of thiophene rings is 1. The summed E-state index contributed by atoms with van der Waals surface area (Å²) in [5, 5.41) is 5.24. The van der Waals surface area contributed by atoms with E-state index in [1.54, 1.807) is 0 Å². The minimum atomic E-state index is -0.0773. The normalized spacial score (nSPS) is 13.1. The lowest BCUT2D eigenvalue weighted by atomic mass is 9.82. The quantitative estimate of drug-likeness (QED) is 0.176. The largest absolute Gasteiger partial charge is 0.310 e. The molecule has 0 unspecified atom stereocenters. The molecule has 0 saturated carbocycles. The van der Waals surface area contributed by atoms with Crippen LogP contribution >= 0.6 is 11.3 Å². The Hall–Kier alpha value is -5.96. The van der Waals surface area contributed by atoms with E-state index in [1.165, 1.54) is 75.5 Å². The van der Waals surface area contributed by atoms with E-state index in [-0.39, 0.29) is 5.41 Å². The Balaban J connectivity index is 1.05. The summed E-state index contributed by atoms with van der Waals surface area (Å²) in [5.41, 5.74) is 13.7. The first kappa shape index (κ1) is 29.9. The van der Waals surface area contributed by atoms with E-state index >= 15 is 0 Å². The van der Waals surface area contributed by atoms with Crippen LogP contribution in [0.2, 0.25) is 0 Å². The van der Waals surface area contributed by atoms with Gasteiger partial charge < -0.3 is 4.90 Å². The van der Waals surface area contributed by atoms with E-state index in [0.717, 1.165) is 17.1 Å². The van der Waals surface area contributed by atoms with E-state index in [9.17, 15) is 0 Å². The zero-order valence-electron chi connectivity index (χ0n) is 28.6. The molecule has 10 rings (SSSR count). The highest BCUT2D eigenvalue weighted by molar-refractivity contribution is 7.25. The minimum absolute atomic E-state index is 0.0773. The highest BCUT2D eigenvalue weighted by Crippen LogP contribution is 2.50. The van der Waals surface area contributed by atoms with Gasteiger partial charge in [-0.15, -0.1) is 11.3 Å². The molecule has 0 saturated heterocycles. The van der Waals surface area contributed by atoms with Gasteiger partial charge in [0.25, 0.3) is 0 Å². The maximum atomic E-state index is 2.41. The molecule has 1 heterocycles. The van der Waals surface area contributed by atoms with Crippen LogP contribution < -0.4 is 4.90 Å². The van der Waals surface area contributed by atoms with Gasteiger partial charge in [-0.2, -0.15) is 0 Å². The third-order valence-corrected chi connectivity index (χ3v) is 12.0. The summed E-state index contributed by atoms with van der Waals surface area (Å²) in [7, 11) is 0. The van der Waals surface area contributed by atoms with Crippen LogP contribution in [0.1, 0.15) is 25.0 Å². The second-order valence-corrected chi connectivity index (χ2v) is 15.3. The van der Waals surface area contributed by atoms with E-state index in [0.29, 0.717) is 0 Å². The van der Waals surface area contributed by atoms with Crippen molar-refractivity contribution in [3.8, 4) is 33.4 Å². The lowest BCUT2D eigenvalue weighted by Gasteiger charge is -2.28. The summed E-state index contributed by atoms with van der Waals surface area (Å²) < 4.78 is 2.68. The van der Waals surface area contributed by atoms with Crippen LogP contribution in [0.25, 0.3) is 64.3 Å². The van der Waals surface area contributed by atoms with E-state index < -0.39 is 0 Å². The fraction of sp³-hybridized carbons (Fsp3) is 0.0612. The zero-order chi connectivity index (χ0) is 34.1. The van der Waals surface area contributed by atoms with Crippen molar-refractivity contribution in [2.45, 2.75) is 19.3 Å². The van der Waals surface area contributed by atoms with E-state index in [2.05, 4.69) is 195 Å². The number of benzene rings is 8. The summed E-state index contributed by atoms with van der Waals surface area (Å²) in [6.07, 6.45) is 0. The standard InChI is InChI=1S/C49H35NS/c1-49(2)45-14-8-6-12-41(45)42-27-26-40(31-46(42)49)50(38-22-18-33(19-23-38)32-10-4-3-5-11-32)39-24-20-34(21-25-39)35-16-17-36-29-44-43-13-7-9-15-47(43)51-48(44)30-37(36)28-35/h3-31H,1-2H3. The zero-order valence-corrected chi connectivity index (χ0v) is 29.4. The molecule has 1 nitrogen and oxygen atoms in total. The Kier molecular flexibility index (Phi) is 6.78. The highest BCUT2D eigenvalue weighted by atomic mass is 32.1. The predicted octanol–water partition coefficient (Wildman–Crippen LogP) is 14.3. The average molecular weight is 670 g/mol. The van der Waals surface area contributed by atoms with E-state index in [1.807, 2.05) is 11.3 Å². The molecular formula is C49H35NS. The fourth-order valence-electron chi connectivity index (χ4n) is 8.16. The van der Waals surface area contributed by atoms with Crippen molar-refractivity contribution in [2.75, 3.05) is 4.90 Å². The SMILES string of the molecule is CC1(C)c2ccccc2-c2ccc(N(c3ccc(-c4ccccc4)cc3)c3ccc(-c4ccc5cc6c(cc5c4)sc4ccccc46)cc3)cc21. The molecule has 242 valence electrons. The smallest absolute Gasteiger partial charge is 0.0465 e. The molecular weight excluding hydrogens is 635 g/mol. The molecule has 0 radical (unpaired) electrons. The molecule has 1 aliphatic carbocycles. The second kappa shape index (κ2) is 11.6. The molecule has 0 spiro atoms. The number of anilines is 3. The molecule has 9 aromatic rings. The molecule has 8 aromatic carbocycles. The van der Waals surface area contributed by atoms with Gasteiger partial charge in [-0.05, 0) is 116 Å². The van der Waals surface area contributed by atoms with Crippen molar-refractivity contribution in [2.24, 2.45) is 0 Å². The number of hydrogen-bond donors (Lipinski definition) is 0. The third-order valence-electron chi connectivity index (χ3n) is 10.9. The summed E-state index contributed by atoms with van der Waals surface area (Å²) >= 11 is 1.88. The number of nitrogens with zero attached hydrogens (tertiary/aromatic N) is 1. The lowest BCUT2D eigenvalue weighted by molar-refractivity contribution is 0.660. The Morgan fingerprint density at radius 2 is 1.00 bits per heavy atom. The molecule has 1 aliphatic rings. The Labute approximate surface area is 302 Å². The molecule has 1 aromatic heterocycles. The van der Waals surface area contributed by atoms with Gasteiger partial charge >= 0.3 is 0 Å². The number of rotatable bonds is 5. The van der Waals surface area contributed by atoms with Crippen LogP contribution in [-0.2, 0) is 5.41 Å². The second-order valence-electron chi connectivity index (χ2n) is 14.2. The maximum Gasteiger partial charge on any atom is 0.0465 e. The van der Waals surface area contributed by atoms with Gasteiger partial charge in [-0.3, -0.25) is 0 Å². The van der Waals surface area contributed by atoms with E-state index in [4.69, 9.17) is 0 Å². The van der Waals surface area contributed by atoms with Gasteiger partial charge in [0.2, 0.25) is 0 Å². The van der Waals surface area contributed by atoms with Gasteiger partial charge in [-0.25, -0.2) is 0 Å². The monoisotopic (exact) mass is 669 g/mol. The van der Waals surface area contributed by atoms with Gasteiger partial charge in [0.05, 0.1) is 0 Å². The van der Waals surface area contributed by atoms with Gasteiger partial charge in [0.1, 0.15) is 0 Å². The molecule has 0 atom stereocenters. The first-order chi connectivity index (χ1) is 25.0. The first-order valence-electron chi connectivity index (χ1n) is 17.7. The Bertz CT molecular complexity index is 2750. The van der Waals surface area contributed by atoms with Crippen LogP contribution in [0.4, 0.5) is 17.1 Å². The minimum Gasteiger partial charge on any atom is -0.310 e. The molecule has 0 bridgehead atoms. The molecule has 2 heteroatoms. The molecule has 0 N–H and O–H groups in total. The Morgan fingerprint density at radius 1 is 0.392 bits per heavy atom. The summed E-state index contributed by atoms with van der Waals surface area (Å²) in [5.74, 6) is 0. The van der Waals surface area contributed by atoms with Crippen molar-refractivity contribution in [1.29, 1.82) is 0 Å². The van der Waals surface area contributed by atoms with Crippen LogP contribution in [0.15, 0.2) is 176 Å². The van der Waals surface area contributed by atoms with Crippen molar-refractivity contribution in [3.63, 3.8) is 0 Å². The van der Waals surface area contributed by atoms with Crippen molar-refractivity contribution >= 4 is 59.3 Å². The molecule has 0 fully saturated rings. The van der Waals surface area contributed by atoms with Crippen molar-refractivity contribution in [1.82, 2.24) is 0 Å². The highest BCUT2D eigenvalue weighted by Gasteiger charge is 2.35. The predicted molar refractivity (Wildman–Crippen MR) is 220 cm³/mol. The topological polar surface area (TPSA) is 3.24 Å². The lowest BCUT2D eigenvalue weighted by Crippen LogP contribution is -2.16. The summed E-state index contributed by atoms with van der Waals surface area (Å²) in [4.78, 5) is 2.40. The summed E-state index contributed by atoms with van der Waals surface area (Å²) in [6.45, 7) is 4.70. The van der Waals surface area contributed by atoms with Crippen LogP contribution in [0.5, 0.6) is 0 Å². The number of fused-ring (bicyclic) bond motifs is 7. The summed E-state index contributed by atoms with van der Waals surface area (Å²) in [6, 6.07) is 64.9. The molecule has 0 aliphatic heterocycles. The molecule has 51 heavy (non-hydrogen) atoms. The van der Waals surface area contributed by atoms with Crippen molar-refractivity contribution < 1.29 is 0 Å². The number of hydrogen-bond acceptors (Lipinski definition) is 2. The first-order valence-corrected chi connectivity index (χ1v) is 18.5. The van der Waals surface area contributed by atoms with Gasteiger partial charge in [-0.1, -0.05) is 129 Å². The third kappa shape index (κ3) is 4.90.